The second-order valence-electron chi connectivity index (χ2n) is 3.34. The van der Waals surface area contributed by atoms with E-state index in [2.05, 4.69) is 10.3 Å². The largest absolute Gasteiger partial charge is 0.390 e. The number of aliphatic hydroxyl groups excluding tert-OH is 2. The van der Waals surface area contributed by atoms with Crippen molar-refractivity contribution in [3.8, 4) is 0 Å². The molecule has 0 fully saturated rings. The van der Waals surface area contributed by atoms with Gasteiger partial charge in [0.15, 0.2) is 0 Å². The minimum Gasteiger partial charge on any atom is -0.390 e. The molecule has 3 N–H and O–H groups in total. The van der Waals surface area contributed by atoms with Crippen LogP contribution in [0.4, 0.5) is 0 Å². The summed E-state index contributed by atoms with van der Waals surface area (Å²) in [5, 5.41) is 22.8. The van der Waals surface area contributed by atoms with Gasteiger partial charge in [-0.2, -0.15) is 0 Å². The van der Waals surface area contributed by atoms with Crippen LogP contribution in [0.15, 0.2) is 18.5 Å². The maximum Gasteiger partial charge on any atom is 0.106 e. The summed E-state index contributed by atoms with van der Waals surface area (Å²) in [6, 6.07) is 1.60. The van der Waals surface area contributed by atoms with Crippen LogP contribution >= 0.6 is 11.6 Å². The number of halogens is 1. The Morgan fingerprint density at radius 3 is 2.80 bits per heavy atom. The Balaban J connectivity index is 2.62. The van der Waals surface area contributed by atoms with Gasteiger partial charge in [0.2, 0.25) is 0 Å². The van der Waals surface area contributed by atoms with Crippen LogP contribution in [0.3, 0.4) is 0 Å². The monoisotopic (exact) mass is 230 g/mol. The highest BCUT2D eigenvalue weighted by Gasteiger charge is 2.18. The summed E-state index contributed by atoms with van der Waals surface area (Å²) >= 11 is 5.73. The SMILES string of the molecule is CNCCC(O)C(O)c1cncc(Cl)c1. The Hall–Kier alpha value is -0.680. The first-order valence-corrected chi connectivity index (χ1v) is 5.14. The average molecular weight is 231 g/mol. The molecule has 15 heavy (non-hydrogen) atoms. The molecule has 0 aromatic carbocycles. The molecule has 4 nitrogen and oxygen atoms in total. The highest BCUT2D eigenvalue weighted by molar-refractivity contribution is 6.30. The number of hydrogen-bond donors (Lipinski definition) is 3. The Bertz CT molecular complexity index is 309. The van der Waals surface area contributed by atoms with Gasteiger partial charge in [-0.15, -0.1) is 0 Å². The van der Waals surface area contributed by atoms with Gasteiger partial charge in [0.05, 0.1) is 11.1 Å². The molecule has 0 aliphatic heterocycles. The van der Waals surface area contributed by atoms with Gasteiger partial charge in [0.1, 0.15) is 6.10 Å². The third-order valence-electron chi connectivity index (χ3n) is 2.12. The Morgan fingerprint density at radius 2 is 2.20 bits per heavy atom. The second-order valence-corrected chi connectivity index (χ2v) is 3.78. The van der Waals surface area contributed by atoms with Crippen LogP contribution < -0.4 is 5.32 Å². The van der Waals surface area contributed by atoms with Crippen LogP contribution in [-0.2, 0) is 0 Å². The predicted molar refractivity (Wildman–Crippen MR) is 58.8 cm³/mol. The number of aliphatic hydroxyl groups is 2. The lowest BCUT2D eigenvalue weighted by Gasteiger charge is -2.17. The summed E-state index contributed by atoms with van der Waals surface area (Å²) in [6.45, 7) is 0.645. The third-order valence-corrected chi connectivity index (χ3v) is 2.33. The van der Waals surface area contributed by atoms with Gasteiger partial charge in [-0.3, -0.25) is 4.98 Å². The molecule has 0 spiro atoms. The van der Waals surface area contributed by atoms with Gasteiger partial charge in [0, 0.05) is 18.0 Å². The van der Waals surface area contributed by atoms with Crippen molar-refractivity contribution in [3.05, 3.63) is 29.0 Å². The fourth-order valence-corrected chi connectivity index (χ4v) is 1.44. The van der Waals surface area contributed by atoms with E-state index >= 15 is 0 Å². The summed E-state index contributed by atoms with van der Waals surface area (Å²) in [5.41, 5.74) is 0.533. The second kappa shape index (κ2) is 6.02. The maximum atomic E-state index is 9.76. The minimum atomic E-state index is -0.940. The van der Waals surface area contributed by atoms with E-state index in [1.54, 1.807) is 13.1 Å². The van der Waals surface area contributed by atoms with Crippen molar-refractivity contribution in [2.45, 2.75) is 18.6 Å². The number of aromatic nitrogens is 1. The molecule has 0 radical (unpaired) electrons. The van der Waals surface area contributed by atoms with Gasteiger partial charge in [-0.1, -0.05) is 11.6 Å². The van der Waals surface area contributed by atoms with Gasteiger partial charge < -0.3 is 15.5 Å². The zero-order valence-electron chi connectivity index (χ0n) is 8.52. The molecular weight excluding hydrogens is 216 g/mol. The smallest absolute Gasteiger partial charge is 0.106 e. The van der Waals surface area contributed by atoms with Crippen LogP contribution in [-0.4, -0.2) is 34.9 Å². The van der Waals surface area contributed by atoms with E-state index in [-0.39, 0.29) is 0 Å². The first-order valence-electron chi connectivity index (χ1n) is 4.76. The molecule has 2 atom stereocenters. The molecule has 0 amide bonds. The van der Waals surface area contributed by atoms with Crippen LogP contribution in [0.5, 0.6) is 0 Å². The molecule has 84 valence electrons. The van der Waals surface area contributed by atoms with Crippen molar-refractivity contribution in [3.63, 3.8) is 0 Å². The highest BCUT2D eigenvalue weighted by atomic mass is 35.5. The first kappa shape index (κ1) is 12.4. The molecule has 0 aliphatic carbocycles. The molecule has 1 rings (SSSR count). The van der Waals surface area contributed by atoms with Crippen molar-refractivity contribution >= 4 is 11.6 Å². The molecule has 0 saturated carbocycles. The van der Waals surface area contributed by atoms with Crippen molar-refractivity contribution in [1.29, 1.82) is 0 Å². The Morgan fingerprint density at radius 1 is 1.47 bits per heavy atom. The quantitative estimate of drug-likeness (QED) is 0.698. The highest BCUT2D eigenvalue weighted by Crippen LogP contribution is 2.20. The lowest BCUT2D eigenvalue weighted by atomic mass is 10.0. The molecular formula is C10H15ClN2O2. The lowest BCUT2D eigenvalue weighted by Crippen LogP contribution is -2.23. The van der Waals surface area contributed by atoms with Crippen LogP contribution in [0, 0.1) is 0 Å². The summed E-state index contributed by atoms with van der Waals surface area (Å²) in [7, 11) is 1.79. The number of pyridine rings is 1. The zero-order valence-corrected chi connectivity index (χ0v) is 9.28. The normalized spacial score (nSPS) is 14.9. The van der Waals surface area contributed by atoms with Gasteiger partial charge in [0.25, 0.3) is 0 Å². The first-order chi connectivity index (χ1) is 7.15. The molecule has 1 heterocycles. The number of nitrogens with zero attached hydrogens (tertiary/aromatic N) is 1. The van der Waals surface area contributed by atoms with Gasteiger partial charge in [-0.05, 0) is 26.1 Å². The molecule has 1 aromatic rings. The molecule has 0 saturated heterocycles. The minimum absolute atomic E-state index is 0.451. The standard InChI is InChI=1S/C10H15ClN2O2/c1-12-3-2-9(14)10(15)7-4-8(11)6-13-5-7/h4-6,9-10,12,14-15H,2-3H2,1H3. The Kier molecular flexibility index (Phi) is 4.98. The zero-order chi connectivity index (χ0) is 11.3. The summed E-state index contributed by atoms with van der Waals surface area (Å²) in [5.74, 6) is 0. The van der Waals surface area contributed by atoms with E-state index in [0.29, 0.717) is 23.6 Å². The Labute approximate surface area is 93.9 Å². The van der Waals surface area contributed by atoms with Crippen molar-refractivity contribution in [2.24, 2.45) is 0 Å². The van der Waals surface area contributed by atoms with Crippen molar-refractivity contribution < 1.29 is 10.2 Å². The molecule has 5 heteroatoms. The van der Waals surface area contributed by atoms with Crippen molar-refractivity contribution in [1.82, 2.24) is 10.3 Å². The fourth-order valence-electron chi connectivity index (χ4n) is 1.26. The van der Waals surface area contributed by atoms with Crippen LogP contribution in [0.1, 0.15) is 18.1 Å². The number of hydrogen-bond acceptors (Lipinski definition) is 4. The van der Waals surface area contributed by atoms with Crippen LogP contribution in [0.2, 0.25) is 5.02 Å². The third kappa shape index (κ3) is 3.76. The number of nitrogens with one attached hydrogen (secondary N) is 1. The van der Waals surface area contributed by atoms with Gasteiger partial charge in [-0.25, -0.2) is 0 Å². The van der Waals surface area contributed by atoms with E-state index in [0.717, 1.165) is 0 Å². The van der Waals surface area contributed by atoms with E-state index in [1.165, 1.54) is 12.4 Å². The van der Waals surface area contributed by atoms with E-state index in [1.807, 2.05) is 0 Å². The van der Waals surface area contributed by atoms with Crippen LogP contribution in [0.25, 0.3) is 0 Å². The average Bonchev–Trinajstić information content (AvgIpc) is 2.24. The van der Waals surface area contributed by atoms with E-state index in [4.69, 9.17) is 11.6 Å². The molecule has 0 bridgehead atoms. The summed E-state index contributed by atoms with van der Waals surface area (Å²) < 4.78 is 0. The molecule has 0 aliphatic rings. The van der Waals surface area contributed by atoms with Gasteiger partial charge >= 0.3 is 0 Å². The van der Waals surface area contributed by atoms with E-state index < -0.39 is 12.2 Å². The topological polar surface area (TPSA) is 65.4 Å². The van der Waals surface area contributed by atoms with Crippen molar-refractivity contribution in [2.75, 3.05) is 13.6 Å². The molecule has 1 aromatic heterocycles. The predicted octanol–water partition coefficient (Wildman–Crippen LogP) is 0.739. The number of rotatable bonds is 5. The lowest BCUT2D eigenvalue weighted by molar-refractivity contribution is 0.0138. The summed E-state index contributed by atoms with van der Waals surface area (Å²) in [6.07, 6.45) is 1.71. The molecule has 2 unspecified atom stereocenters. The van der Waals surface area contributed by atoms with E-state index in [9.17, 15) is 10.2 Å². The maximum absolute atomic E-state index is 9.76. The fraction of sp³-hybridized carbons (Fsp3) is 0.500. The summed E-state index contributed by atoms with van der Waals surface area (Å²) in [4.78, 5) is 3.85.